The molecule has 1 aliphatic rings. The zero-order chi connectivity index (χ0) is 24.1. The first kappa shape index (κ1) is 24.5. The van der Waals surface area contributed by atoms with Gasteiger partial charge in [-0.2, -0.15) is 13.2 Å². The average molecular weight is 474 g/mol. The number of pyridine rings is 1. The lowest BCUT2D eigenvalue weighted by Gasteiger charge is -2.32. The molecular weight excluding hydrogens is 451 g/mol. The summed E-state index contributed by atoms with van der Waals surface area (Å²) in [6.07, 6.45) is -3.77. The quantitative estimate of drug-likeness (QED) is 0.527. The fourth-order valence-electron chi connectivity index (χ4n) is 3.12. The van der Waals surface area contributed by atoms with Gasteiger partial charge in [0, 0.05) is 6.20 Å². The molecule has 1 aliphatic heterocycles. The summed E-state index contributed by atoms with van der Waals surface area (Å²) in [4.78, 5) is 3.68. The molecule has 2 aromatic rings. The number of nitrogens with one attached hydrogen (secondary N) is 1. The van der Waals surface area contributed by atoms with E-state index in [1.54, 1.807) is 6.92 Å². The van der Waals surface area contributed by atoms with Crippen LogP contribution in [0.2, 0.25) is 0 Å². The summed E-state index contributed by atoms with van der Waals surface area (Å²) in [7, 11) is -5.13. The Labute approximate surface area is 184 Å². The Balaban J connectivity index is 1.87. The molecule has 32 heavy (non-hydrogen) atoms. The molecule has 0 saturated carbocycles. The van der Waals surface area contributed by atoms with Gasteiger partial charge in [-0.1, -0.05) is 0 Å². The highest BCUT2D eigenvalue weighted by Gasteiger charge is 2.52. The summed E-state index contributed by atoms with van der Waals surface area (Å²) in [5, 5.41) is 0. The maximum absolute atomic E-state index is 14.5. The van der Waals surface area contributed by atoms with E-state index in [1.165, 1.54) is 6.07 Å². The summed E-state index contributed by atoms with van der Waals surface area (Å²) in [6, 6.07) is 3.78. The van der Waals surface area contributed by atoms with Crippen LogP contribution in [0, 0.1) is 12.7 Å². The van der Waals surface area contributed by atoms with Crippen LogP contribution in [0.1, 0.15) is 44.5 Å². The molecule has 1 saturated heterocycles. The fraction of sp³-hybridized carbons (Fsp3) is 0.450. The summed E-state index contributed by atoms with van der Waals surface area (Å²) in [5.41, 5.74) is -2.12. The lowest BCUT2D eigenvalue weighted by atomic mass is 9.76. The van der Waals surface area contributed by atoms with E-state index in [0.717, 1.165) is 18.3 Å². The van der Waals surface area contributed by atoms with Crippen molar-refractivity contribution in [3.8, 4) is 0 Å². The predicted octanol–water partition coefficient (Wildman–Crippen LogP) is 3.79. The molecule has 0 atom stereocenters. The van der Waals surface area contributed by atoms with Crippen LogP contribution in [0.4, 0.5) is 23.2 Å². The minimum Gasteiger partial charge on any atom is -0.399 e. The van der Waals surface area contributed by atoms with E-state index in [9.17, 15) is 26.0 Å². The molecule has 1 aromatic carbocycles. The van der Waals surface area contributed by atoms with Gasteiger partial charge in [-0.05, 0) is 69.9 Å². The molecule has 1 N–H and O–H groups in total. The second-order valence-electron chi connectivity index (χ2n) is 8.67. The standard InChI is InChI=1S/C20H23BF4N2O4S/c1-12-8-16(22)17(10-15(12)21-30-18(2,3)19(4,5)31-21)27-32(28,29)11-14-9-13(6-7-26-14)20(23,24)25/h6-10,27H,11H2,1-5H3. The van der Waals surface area contributed by atoms with Crippen LogP contribution >= 0.6 is 0 Å². The third-order valence-corrected chi connectivity index (χ3v) is 6.82. The van der Waals surface area contributed by atoms with Gasteiger partial charge < -0.3 is 9.31 Å². The van der Waals surface area contributed by atoms with Crippen LogP contribution < -0.4 is 10.2 Å². The van der Waals surface area contributed by atoms with Crippen molar-refractivity contribution in [2.75, 3.05) is 4.72 Å². The number of hydrogen-bond acceptors (Lipinski definition) is 5. The van der Waals surface area contributed by atoms with Crippen molar-refractivity contribution >= 4 is 28.3 Å². The third-order valence-electron chi connectivity index (χ3n) is 5.61. The van der Waals surface area contributed by atoms with Gasteiger partial charge in [0.2, 0.25) is 10.0 Å². The molecule has 2 heterocycles. The Morgan fingerprint density at radius 1 is 1.09 bits per heavy atom. The number of anilines is 1. The van der Waals surface area contributed by atoms with Crippen molar-refractivity contribution in [1.82, 2.24) is 4.98 Å². The van der Waals surface area contributed by atoms with Crippen LogP contribution in [0.25, 0.3) is 0 Å². The van der Waals surface area contributed by atoms with Crippen molar-refractivity contribution in [2.24, 2.45) is 0 Å². The van der Waals surface area contributed by atoms with Crippen molar-refractivity contribution in [1.29, 1.82) is 0 Å². The van der Waals surface area contributed by atoms with Crippen LogP contribution in [0.3, 0.4) is 0 Å². The van der Waals surface area contributed by atoms with E-state index in [4.69, 9.17) is 9.31 Å². The van der Waals surface area contributed by atoms with E-state index in [-0.39, 0.29) is 11.4 Å². The zero-order valence-electron chi connectivity index (χ0n) is 18.2. The predicted molar refractivity (Wildman–Crippen MR) is 112 cm³/mol. The number of aromatic nitrogens is 1. The highest BCUT2D eigenvalue weighted by molar-refractivity contribution is 7.91. The van der Waals surface area contributed by atoms with Gasteiger partial charge in [0.25, 0.3) is 0 Å². The summed E-state index contributed by atoms with van der Waals surface area (Å²) < 4.78 is 92.3. The molecule has 0 amide bonds. The number of nitrogens with zero attached hydrogens (tertiary/aromatic N) is 1. The summed E-state index contributed by atoms with van der Waals surface area (Å²) >= 11 is 0. The number of rotatable bonds is 5. The van der Waals surface area contributed by atoms with Crippen molar-refractivity contribution in [3.05, 3.63) is 53.1 Å². The maximum Gasteiger partial charge on any atom is 0.495 e. The zero-order valence-corrected chi connectivity index (χ0v) is 19.0. The monoisotopic (exact) mass is 474 g/mol. The first-order valence-corrected chi connectivity index (χ1v) is 11.3. The van der Waals surface area contributed by atoms with Crippen LogP contribution in [-0.2, 0) is 31.3 Å². The Morgan fingerprint density at radius 3 is 2.25 bits per heavy atom. The molecule has 0 radical (unpaired) electrons. The molecule has 12 heteroatoms. The number of halogens is 4. The van der Waals surface area contributed by atoms with Crippen molar-refractivity contribution in [3.63, 3.8) is 0 Å². The molecule has 6 nitrogen and oxygen atoms in total. The summed E-state index contributed by atoms with van der Waals surface area (Å²) in [6.45, 7) is 9.01. The minimum absolute atomic E-state index is 0.328. The molecular formula is C20H23BF4N2O4S. The van der Waals surface area contributed by atoms with E-state index in [2.05, 4.69) is 9.71 Å². The summed E-state index contributed by atoms with van der Waals surface area (Å²) in [5.74, 6) is -1.71. The van der Waals surface area contributed by atoms with E-state index >= 15 is 0 Å². The molecule has 0 bridgehead atoms. The molecule has 1 fully saturated rings. The van der Waals surface area contributed by atoms with Gasteiger partial charge in [0.05, 0.1) is 28.1 Å². The van der Waals surface area contributed by atoms with E-state index in [0.29, 0.717) is 17.1 Å². The van der Waals surface area contributed by atoms with Crippen LogP contribution in [0.15, 0.2) is 30.5 Å². The van der Waals surface area contributed by atoms with Gasteiger partial charge in [-0.15, -0.1) is 0 Å². The number of alkyl halides is 3. The molecule has 0 spiro atoms. The smallest absolute Gasteiger partial charge is 0.399 e. The van der Waals surface area contributed by atoms with Crippen molar-refractivity contribution in [2.45, 2.75) is 57.7 Å². The molecule has 174 valence electrons. The Kier molecular flexibility index (Phi) is 6.11. The maximum atomic E-state index is 14.5. The topological polar surface area (TPSA) is 77.5 Å². The SMILES string of the molecule is Cc1cc(F)c(NS(=O)(=O)Cc2cc(C(F)(F)F)ccn2)cc1B1OC(C)(C)C(C)(C)O1. The Bertz CT molecular complexity index is 1120. The lowest BCUT2D eigenvalue weighted by molar-refractivity contribution is -0.137. The van der Waals surface area contributed by atoms with Gasteiger partial charge >= 0.3 is 13.3 Å². The largest absolute Gasteiger partial charge is 0.495 e. The number of hydrogen-bond donors (Lipinski definition) is 1. The molecule has 1 aromatic heterocycles. The van der Waals surface area contributed by atoms with Crippen LogP contribution in [0.5, 0.6) is 0 Å². The van der Waals surface area contributed by atoms with Gasteiger partial charge in [-0.25, -0.2) is 12.8 Å². The van der Waals surface area contributed by atoms with E-state index < -0.39 is 51.7 Å². The number of benzene rings is 1. The van der Waals surface area contributed by atoms with Crippen LogP contribution in [-0.4, -0.2) is 31.7 Å². The highest BCUT2D eigenvalue weighted by Crippen LogP contribution is 2.37. The average Bonchev–Trinajstić information content (AvgIpc) is 2.83. The normalized spacial score (nSPS) is 18.1. The molecule has 0 unspecified atom stereocenters. The fourth-order valence-corrected chi connectivity index (χ4v) is 4.23. The first-order valence-electron chi connectivity index (χ1n) is 9.69. The molecule has 3 rings (SSSR count). The Morgan fingerprint density at radius 2 is 1.69 bits per heavy atom. The number of sulfonamides is 1. The van der Waals surface area contributed by atoms with E-state index in [1.807, 2.05) is 27.7 Å². The first-order chi connectivity index (χ1) is 14.5. The van der Waals surface area contributed by atoms with Gasteiger partial charge in [-0.3, -0.25) is 9.71 Å². The van der Waals surface area contributed by atoms with Crippen molar-refractivity contribution < 1.29 is 35.3 Å². The van der Waals surface area contributed by atoms with Gasteiger partial charge in [0.15, 0.2) is 0 Å². The minimum atomic E-state index is -4.64. The molecule has 0 aliphatic carbocycles. The highest BCUT2D eigenvalue weighted by atomic mass is 32.2. The lowest BCUT2D eigenvalue weighted by Crippen LogP contribution is -2.41. The second kappa shape index (κ2) is 8.00. The second-order valence-corrected chi connectivity index (χ2v) is 10.4. The Hall–Kier alpha value is -2.18. The number of aryl methyl sites for hydroxylation is 1. The third kappa shape index (κ3) is 5.07. The van der Waals surface area contributed by atoms with Gasteiger partial charge in [0.1, 0.15) is 11.6 Å².